The van der Waals surface area contributed by atoms with Gasteiger partial charge in [-0.2, -0.15) is 0 Å². The lowest BCUT2D eigenvalue weighted by atomic mass is 10.5. The molecule has 13 heavy (non-hydrogen) atoms. The second-order valence-corrected chi connectivity index (χ2v) is 3.76. The Kier molecular flexibility index (Phi) is 3.29. The first-order chi connectivity index (χ1) is 6.11. The third-order valence-electron chi connectivity index (χ3n) is 1.85. The van der Waals surface area contributed by atoms with Gasteiger partial charge in [0.1, 0.15) is 0 Å². The number of hydrogen-bond donors (Lipinski definition) is 0. The molecular weight excluding hydrogens is 283 g/mol. The molecule has 0 aromatic carbocycles. The average Bonchev–Trinajstić information content (AvgIpc) is 2.12. The van der Waals surface area contributed by atoms with Crippen LogP contribution in [0.5, 0.6) is 0 Å². The predicted molar refractivity (Wildman–Crippen MR) is 59.0 cm³/mol. The molecule has 0 radical (unpaired) electrons. The fraction of sp³-hybridized carbons (Fsp3) is 0.500. The lowest BCUT2D eigenvalue weighted by molar-refractivity contribution is 0.582. The molecule has 1 heterocycles. The molecule has 0 atom stereocenters. The van der Waals surface area contributed by atoms with Crippen LogP contribution in [0.2, 0.25) is 0 Å². The minimum atomic E-state index is -0.226. The fourth-order valence-electron chi connectivity index (χ4n) is 1.12. The molecule has 5 heteroatoms. The van der Waals surface area contributed by atoms with Gasteiger partial charge in [0.05, 0.1) is 3.57 Å². The van der Waals surface area contributed by atoms with E-state index in [1.807, 2.05) is 29.5 Å². The van der Waals surface area contributed by atoms with Crippen molar-refractivity contribution in [1.82, 2.24) is 9.13 Å². The summed E-state index contributed by atoms with van der Waals surface area (Å²) in [6.07, 6.45) is 1.59. The van der Waals surface area contributed by atoms with E-state index in [-0.39, 0.29) is 11.2 Å². The molecule has 1 aromatic rings. The van der Waals surface area contributed by atoms with Crippen LogP contribution in [0.3, 0.4) is 0 Å². The van der Waals surface area contributed by atoms with Gasteiger partial charge in [-0.15, -0.1) is 0 Å². The van der Waals surface area contributed by atoms with E-state index in [1.165, 1.54) is 9.13 Å². The van der Waals surface area contributed by atoms with Crippen molar-refractivity contribution in [1.29, 1.82) is 0 Å². The standard InChI is InChI=1S/C8H11IN2O2/c1-3-10-5-6(9)7(12)11(4-2)8(10)13/h5H,3-4H2,1-2H3. The zero-order chi connectivity index (χ0) is 10.0. The number of nitrogens with zero attached hydrogens (tertiary/aromatic N) is 2. The zero-order valence-corrected chi connectivity index (χ0v) is 9.74. The van der Waals surface area contributed by atoms with E-state index in [0.29, 0.717) is 16.7 Å². The van der Waals surface area contributed by atoms with Gasteiger partial charge in [0.2, 0.25) is 0 Å². The van der Waals surface area contributed by atoms with Gasteiger partial charge in [0.25, 0.3) is 5.56 Å². The van der Waals surface area contributed by atoms with Crippen molar-refractivity contribution in [2.45, 2.75) is 26.9 Å². The molecule has 0 N–H and O–H groups in total. The van der Waals surface area contributed by atoms with Crippen molar-refractivity contribution in [3.8, 4) is 0 Å². The molecule has 0 aliphatic carbocycles. The van der Waals surface area contributed by atoms with Crippen LogP contribution in [-0.4, -0.2) is 9.13 Å². The SMILES string of the molecule is CCn1cc(I)c(=O)n(CC)c1=O. The molecule has 0 fully saturated rings. The maximum Gasteiger partial charge on any atom is 0.330 e. The van der Waals surface area contributed by atoms with Crippen LogP contribution in [0, 0.1) is 3.57 Å². The minimum absolute atomic E-state index is 0.196. The van der Waals surface area contributed by atoms with Gasteiger partial charge in [-0.05, 0) is 36.4 Å². The molecule has 0 saturated carbocycles. The number of aromatic nitrogens is 2. The molecule has 1 aromatic heterocycles. The summed E-state index contributed by atoms with van der Waals surface area (Å²) < 4.78 is 3.36. The average molecular weight is 294 g/mol. The molecule has 0 bridgehead atoms. The van der Waals surface area contributed by atoms with E-state index in [1.54, 1.807) is 13.1 Å². The fourth-order valence-corrected chi connectivity index (χ4v) is 1.75. The molecule has 0 aliphatic heterocycles. The smallest absolute Gasteiger partial charge is 0.300 e. The second-order valence-electron chi connectivity index (χ2n) is 2.60. The van der Waals surface area contributed by atoms with E-state index in [4.69, 9.17) is 0 Å². The Morgan fingerprint density at radius 2 is 1.92 bits per heavy atom. The Hall–Kier alpha value is -0.590. The molecule has 0 amide bonds. The molecule has 1 rings (SSSR count). The molecule has 0 aliphatic rings. The highest BCUT2D eigenvalue weighted by Crippen LogP contribution is 1.93. The number of aryl methyl sites for hydroxylation is 1. The van der Waals surface area contributed by atoms with Crippen molar-refractivity contribution < 1.29 is 0 Å². The molecule has 0 spiro atoms. The summed E-state index contributed by atoms with van der Waals surface area (Å²) in [5, 5.41) is 0. The number of halogens is 1. The summed E-state index contributed by atoms with van der Waals surface area (Å²) in [7, 11) is 0. The normalized spacial score (nSPS) is 10.4. The maximum atomic E-state index is 11.5. The topological polar surface area (TPSA) is 44.0 Å². The van der Waals surface area contributed by atoms with Crippen molar-refractivity contribution in [2.75, 3.05) is 0 Å². The monoisotopic (exact) mass is 294 g/mol. The summed E-state index contributed by atoms with van der Waals surface area (Å²) in [5.41, 5.74) is -0.423. The van der Waals surface area contributed by atoms with Gasteiger partial charge >= 0.3 is 5.69 Å². The summed E-state index contributed by atoms with van der Waals surface area (Å²) in [5.74, 6) is 0. The Bertz CT molecular complexity index is 419. The first kappa shape index (κ1) is 10.5. The Balaban J connectivity index is 3.58. The zero-order valence-electron chi connectivity index (χ0n) is 7.58. The van der Waals surface area contributed by atoms with E-state index >= 15 is 0 Å². The van der Waals surface area contributed by atoms with Crippen LogP contribution in [0.25, 0.3) is 0 Å². The molecule has 72 valence electrons. The van der Waals surface area contributed by atoms with Crippen LogP contribution in [0.15, 0.2) is 15.8 Å². The first-order valence-corrected chi connectivity index (χ1v) is 5.19. The quantitative estimate of drug-likeness (QED) is 0.752. The molecular formula is C8H11IN2O2. The third kappa shape index (κ3) is 1.84. The lowest BCUT2D eigenvalue weighted by Gasteiger charge is -2.06. The van der Waals surface area contributed by atoms with Crippen molar-refractivity contribution in [3.63, 3.8) is 0 Å². The van der Waals surface area contributed by atoms with E-state index in [9.17, 15) is 9.59 Å². The van der Waals surface area contributed by atoms with E-state index in [0.717, 1.165) is 0 Å². The molecule has 0 saturated heterocycles. The largest absolute Gasteiger partial charge is 0.330 e. The van der Waals surface area contributed by atoms with Crippen LogP contribution in [0.1, 0.15) is 13.8 Å². The van der Waals surface area contributed by atoms with Crippen LogP contribution in [0.4, 0.5) is 0 Å². The van der Waals surface area contributed by atoms with Crippen LogP contribution < -0.4 is 11.2 Å². The third-order valence-corrected chi connectivity index (χ3v) is 2.59. The van der Waals surface area contributed by atoms with Gasteiger partial charge in [-0.3, -0.25) is 13.9 Å². The highest BCUT2D eigenvalue weighted by molar-refractivity contribution is 14.1. The Morgan fingerprint density at radius 3 is 2.38 bits per heavy atom. The number of hydrogen-bond acceptors (Lipinski definition) is 2. The van der Waals surface area contributed by atoms with E-state index < -0.39 is 0 Å². The lowest BCUT2D eigenvalue weighted by Crippen LogP contribution is -2.40. The van der Waals surface area contributed by atoms with Gasteiger partial charge < -0.3 is 0 Å². The summed E-state index contributed by atoms with van der Waals surface area (Å²) >= 11 is 1.95. The van der Waals surface area contributed by atoms with Gasteiger partial charge in [0, 0.05) is 19.3 Å². The highest BCUT2D eigenvalue weighted by atomic mass is 127. The van der Waals surface area contributed by atoms with Crippen molar-refractivity contribution >= 4 is 22.6 Å². The summed E-state index contributed by atoms with van der Waals surface area (Å²) in [6, 6.07) is 0. The van der Waals surface area contributed by atoms with E-state index in [2.05, 4.69) is 0 Å². The van der Waals surface area contributed by atoms with Gasteiger partial charge in [-0.25, -0.2) is 4.79 Å². The highest BCUT2D eigenvalue weighted by Gasteiger charge is 2.05. The van der Waals surface area contributed by atoms with Crippen LogP contribution in [-0.2, 0) is 13.1 Å². The minimum Gasteiger partial charge on any atom is -0.300 e. The summed E-state index contributed by atoms with van der Waals surface area (Å²) in [6.45, 7) is 4.68. The molecule has 4 nitrogen and oxygen atoms in total. The second kappa shape index (κ2) is 4.08. The Labute approximate surface area is 89.3 Å². The van der Waals surface area contributed by atoms with Gasteiger partial charge in [0.15, 0.2) is 0 Å². The van der Waals surface area contributed by atoms with Gasteiger partial charge in [-0.1, -0.05) is 0 Å². The Morgan fingerprint density at radius 1 is 1.31 bits per heavy atom. The van der Waals surface area contributed by atoms with Crippen molar-refractivity contribution in [2.24, 2.45) is 0 Å². The predicted octanol–water partition coefficient (Wildman–Crippen LogP) is 0.654. The van der Waals surface area contributed by atoms with Crippen LogP contribution >= 0.6 is 22.6 Å². The van der Waals surface area contributed by atoms with Crippen molar-refractivity contribution in [3.05, 3.63) is 30.6 Å². The summed E-state index contributed by atoms with van der Waals surface area (Å²) in [4.78, 5) is 23.0. The number of rotatable bonds is 2. The maximum absolute atomic E-state index is 11.5. The molecule has 0 unspecified atom stereocenters. The first-order valence-electron chi connectivity index (χ1n) is 4.11.